The zero-order valence-corrected chi connectivity index (χ0v) is 7.87. The summed E-state index contributed by atoms with van der Waals surface area (Å²) in [4.78, 5) is 13.1. The van der Waals surface area contributed by atoms with Crippen LogP contribution in [0.4, 0.5) is 13.2 Å². The van der Waals surface area contributed by atoms with Gasteiger partial charge in [0.25, 0.3) is 5.56 Å². The molecule has 2 nitrogen and oxygen atoms in total. The van der Waals surface area contributed by atoms with Gasteiger partial charge >= 0.3 is 6.18 Å². The van der Waals surface area contributed by atoms with Crippen molar-refractivity contribution >= 4 is 15.9 Å². The summed E-state index contributed by atoms with van der Waals surface area (Å²) in [5.74, 6) is 0. The number of hydrogen-bond donors (Lipinski definition) is 1. The van der Waals surface area contributed by atoms with Crippen molar-refractivity contribution in [1.29, 1.82) is 0 Å². The minimum atomic E-state index is -4.47. The van der Waals surface area contributed by atoms with E-state index in [9.17, 15) is 18.0 Å². The standard InChI is InChI=1S/C7H5BrF3NO/c8-3-4-5(7(9,10)11)1-2-12-6(4)13/h1-2H,3H2,(H,12,13). The summed E-state index contributed by atoms with van der Waals surface area (Å²) < 4.78 is 36.7. The Kier molecular flexibility index (Phi) is 2.80. The maximum Gasteiger partial charge on any atom is 0.416 e. The molecule has 0 aliphatic heterocycles. The van der Waals surface area contributed by atoms with E-state index in [4.69, 9.17) is 0 Å². The second-order valence-electron chi connectivity index (χ2n) is 2.33. The summed E-state index contributed by atoms with van der Waals surface area (Å²) in [6.45, 7) is 0. The zero-order valence-electron chi connectivity index (χ0n) is 6.28. The molecule has 6 heteroatoms. The van der Waals surface area contributed by atoms with Gasteiger partial charge in [0.2, 0.25) is 0 Å². The maximum absolute atomic E-state index is 12.2. The lowest BCUT2D eigenvalue weighted by Crippen LogP contribution is -2.19. The summed E-state index contributed by atoms with van der Waals surface area (Å²) >= 11 is 2.83. The number of nitrogens with one attached hydrogen (secondary N) is 1. The monoisotopic (exact) mass is 255 g/mol. The highest BCUT2D eigenvalue weighted by Gasteiger charge is 2.33. The SMILES string of the molecule is O=c1[nH]ccc(C(F)(F)F)c1CBr. The highest BCUT2D eigenvalue weighted by atomic mass is 79.9. The molecule has 0 saturated carbocycles. The highest BCUT2D eigenvalue weighted by molar-refractivity contribution is 9.08. The predicted molar refractivity (Wildman–Crippen MR) is 44.7 cm³/mol. The van der Waals surface area contributed by atoms with E-state index in [-0.39, 0.29) is 10.9 Å². The van der Waals surface area contributed by atoms with Gasteiger partial charge in [0.05, 0.1) is 5.56 Å². The van der Waals surface area contributed by atoms with Gasteiger partial charge in [-0.05, 0) is 6.07 Å². The predicted octanol–water partition coefficient (Wildman–Crippen LogP) is 2.29. The number of alkyl halides is 4. The molecule has 0 bridgehead atoms. The first-order valence-corrected chi connectivity index (χ1v) is 4.42. The van der Waals surface area contributed by atoms with Crippen molar-refractivity contribution in [3.05, 3.63) is 33.7 Å². The third-order valence-corrected chi connectivity index (χ3v) is 2.06. The topological polar surface area (TPSA) is 32.9 Å². The number of H-pyrrole nitrogens is 1. The van der Waals surface area contributed by atoms with E-state index in [1.165, 1.54) is 0 Å². The second kappa shape index (κ2) is 3.53. The minimum Gasteiger partial charge on any atom is -0.329 e. The number of hydrogen-bond acceptors (Lipinski definition) is 1. The maximum atomic E-state index is 12.2. The van der Waals surface area contributed by atoms with Crippen LogP contribution in [0.15, 0.2) is 17.1 Å². The zero-order chi connectivity index (χ0) is 10.1. The average Bonchev–Trinajstić information content (AvgIpc) is 2.02. The molecule has 0 spiro atoms. The summed E-state index contributed by atoms with van der Waals surface area (Å²) in [7, 11) is 0. The molecule has 0 radical (unpaired) electrons. The molecule has 13 heavy (non-hydrogen) atoms. The van der Waals surface area contributed by atoms with Gasteiger partial charge in [-0.2, -0.15) is 13.2 Å². The lowest BCUT2D eigenvalue weighted by atomic mass is 10.1. The Labute approximate surface area is 79.9 Å². The van der Waals surface area contributed by atoms with E-state index < -0.39 is 17.3 Å². The third kappa shape index (κ3) is 2.12. The Morgan fingerprint density at radius 3 is 2.46 bits per heavy atom. The largest absolute Gasteiger partial charge is 0.416 e. The van der Waals surface area contributed by atoms with E-state index in [1.54, 1.807) is 0 Å². The van der Waals surface area contributed by atoms with Crippen molar-refractivity contribution in [1.82, 2.24) is 4.98 Å². The number of aromatic amines is 1. The van der Waals surface area contributed by atoms with Crippen molar-refractivity contribution < 1.29 is 13.2 Å². The van der Waals surface area contributed by atoms with Crippen molar-refractivity contribution in [2.24, 2.45) is 0 Å². The number of aromatic nitrogens is 1. The first-order chi connectivity index (χ1) is 5.96. The molecule has 0 saturated heterocycles. The Hall–Kier alpha value is -0.780. The molecular weight excluding hydrogens is 251 g/mol. The van der Waals surface area contributed by atoms with E-state index >= 15 is 0 Å². The number of rotatable bonds is 1. The van der Waals surface area contributed by atoms with Crippen LogP contribution in [0.25, 0.3) is 0 Å². The fraction of sp³-hybridized carbons (Fsp3) is 0.286. The lowest BCUT2D eigenvalue weighted by molar-refractivity contribution is -0.138. The summed E-state index contributed by atoms with van der Waals surface area (Å²) in [5.41, 5.74) is -1.91. The number of halogens is 4. The summed E-state index contributed by atoms with van der Waals surface area (Å²) in [5, 5.41) is -0.113. The van der Waals surface area contributed by atoms with Crippen LogP contribution in [0, 0.1) is 0 Å². The molecule has 0 aromatic carbocycles. The van der Waals surface area contributed by atoms with Crippen LogP contribution in [0.2, 0.25) is 0 Å². The third-order valence-electron chi connectivity index (χ3n) is 1.50. The van der Waals surface area contributed by atoms with Crippen LogP contribution >= 0.6 is 15.9 Å². The Balaban J connectivity index is 3.38. The molecule has 0 aliphatic carbocycles. The fourth-order valence-corrected chi connectivity index (χ4v) is 1.47. The normalized spacial score (nSPS) is 11.7. The van der Waals surface area contributed by atoms with Gasteiger partial charge in [-0.25, -0.2) is 0 Å². The van der Waals surface area contributed by atoms with Gasteiger partial charge in [-0.15, -0.1) is 0 Å². The van der Waals surface area contributed by atoms with E-state index in [0.717, 1.165) is 12.3 Å². The van der Waals surface area contributed by atoms with E-state index in [1.807, 2.05) is 0 Å². The average molecular weight is 256 g/mol. The molecule has 72 valence electrons. The smallest absolute Gasteiger partial charge is 0.329 e. The van der Waals surface area contributed by atoms with Crippen molar-refractivity contribution in [2.45, 2.75) is 11.5 Å². The van der Waals surface area contributed by atoms with Gasteiger partial charge in [0.1, 0.15) is 0 Å². The first kappa shape index (κ1) is 10.3. The second-order valence-corrected chi connectivity index (χ2v) is 2.89. The Morgan fingerprint density at radius 1 is 1.46 bits per heavy atom. The molecule has 0 amide bonds. The van der Waals surface area contributed by atoms with Crippen LogP contribution < -0.4 is 5.56 Å². The van der Waals surface area contributed by atoms with E-state index in [0.29, 0.717) is 0 Å². The molecule has 0 atom stereocenters. The van der Waals surface area contributed by atoms with Crippen molar-refractivity contribution in [3.8, 4) is 0 Å². The van der Waals surface area contributed by atoms with Crippen LogP contribution in [0.1, 0.15) is 11.1 Å². The van der Waals surface area contributed by atoms with Gasteiger partial charge < -0.3 is 4.98 Å². The summed E-state index contributed by atoms with van der Waals surface area (Å²) in [6.07, 6.45) is -3.49. The molecular formula is C7H5BrF3NO. The quantitative estimate of drug-likeness (QED) is 0.768. The molecule has 0 fully saturated rings. The molecule has 1 rings (SSSR count). The molecule has 1 N–H and O–H groups in total. The molecule has 1 aromatic heterocycles. The van der Waals surface area contributed by atoms with Gasteiger partial charge in [0, 0.05) is 17.1 Å². The van der Waals surface area contributed by atoms with Crippen LogP contribution in [0.3, 0.4) is 0 Å². The van der Waals surface area contributed by atoms with Gasteiger partial charge in [0.15, 0.2) is 0 Å². The van der Waals surface area contributed by atoms with Crippen LogP contribution in [-0.4, -0.2) is 4.98 Å². The molecule has 1 heterocycles. The Morgan fingerprint density at radius 2 is 2.08 bits per heavy atom. The van der Waals surface area contributed by atoms with Crippen molar-refractivity contribution in [3.63, 3.8) is 0 Å². The molecule has 1 aromatic rings. The van der Waals surface area contributed by atoms with Crippen LogP contribution in [-0.2, 0) is 11.5 Å². The lowest BCUT2D eigenvalue weighted by Gasteiger charge is -2.08. The molecule has 0 unspecified atom stereocenters. The van der Waals surface area contributed by atoms with E-state index in [2.05, 4.69) is 20.9 Å². The fourth-order valence-electron chi connectivity index (χ4n) is 0.909. The highest BCUT2D eigenvalue weighted by Crippen LogP contribution is 2.30. The summed E-state index contributed by atoms with van der Waals surface area (Å²) in [6, 6.07) is 0.845. The van der Waals surface area contributed by atoms with Gasteiger partial charge in [-0.1, -0.05) is 15.9 Å². The minimum absolute atomic E-state index is 0.113. The first-order valence-electron chi connectivity index (χ1n) is 3.30. The number of pyridine rings is 1. The Bertz CT molecular complexity index is 357. The van der Waals surface area contributed by atoms with Gasteiger partial charge in [-0.3, -0.25) is 4.79 Å². The van der Waals surface area contributed by atoms with Crippen LogP contribution in [0.5, 0.6) is 0 Å². The van der Waals surface area contributed by atoms with Crippen molar-refractivity contribution in [2.75, 3.05) is 0 Å². The molecule has 0 aliphatic rings.